The van der Waals surface area contributed by atoms with Crippen molar-refractivity contribution in [3.05, 3.63) is 0 Å². The summed E-state index contributed by atoms with van der Waals surface area (Å²) in [6.45, 7) is 7.99. The Morgan fingerprint density at radius 3 is 2.83 bits per heavy atom. The summed E-state index contributed by atoms with van der Waals surface area (Å²) in [6, 6.07) is 1.28. The highest BCUT2D eigenvalue weighted by molar-refractivity contribution is 7.80. The van der Waals surface area contributed by atoms with Gasteiger partial charge in [-0.1, -0.05) is 13.8 Å². The van der Waals surface area contributed by atoms with Crippen LogP contribution in [0, 0.1) is 5.92 Å². The number of likely N-dealkylation sites (tertiary alicyclic amines) is 1. The molecule has 2 aliphatic rings. The van der Waals surface area contributed by atoms with Crippen LogP contribution >= 0.6 is 12.2 Å². The SMILES string of the molecule is CCN1CCCC1CNC(=S)NC1CCC(C)C1. The van der Waals surface area contributed by atoms with Crippen molar-refractivity contribution < 1.29 is 0 Å². The van der Waals surface area contributed by atoms with E-state index in [0.29, 0.717) is 12.1 Å². The predicted molar refractivity (Wildman–Crippen MR) is 80.8 cm³/mol. The third-order valence-corrected chi connectivity index (χ3v) is 4.70. The lowest BCUT2D eigenvalue weighted by atomic mass is 10.1. The highest BCUT2D eigenvalue weighted by Gasteiger charge is 2.24. The summed E-state index contributed by atoms with van der Waals surface area (Å²) in [7, 11) is 0. The Labute approximate surface area is 117 Å². The summed E-state index contributed by atoms with van der Waals surface area (Å²) in [5.74, 6) is 0.857. The maximum Gasteiger partial charge on any atom is 0.166 e. The van der Waals surface area contributed by atoms with E-state index < -0.39 is 0 Å². The van der Waals surface area contributed by atoms with E-state index in [4.69, 9.17) is 12.2 Å². The van der Waals surface area contributed by atoms with E-state index in [1.165, 1.54) is 38.6 Å². The van der Waals surface area contributed by atoms with Gasteiger partial charge < -0.3 is 10.6 Å². The lowest BCUT2D eigenvalue weighted by Gasteiger charge is -2.24. The van der Waals surface area contributed by atoms with Gasteiger partial charge in [-0.2, -0.15) is 0 Å². The molecule has 2 N–H and O–H groups in total. The van der Waals surface area contributed by atoms with Gasteiger partial charge in [0.2, 0.25) is 0 Å². The van der Waals surface area contributed by atoms with E-state index in [1.54, 1.807) is 0 Å². The molecule has 3 atom stereocenters. The summed E-state index contributed by atoms with van der Waals surface area (Å²) in [4.78, 5) is 2.55. The molecule has 2 fully saturated rings. The third-order valence-electron chi connectivity index (χ3n) is 4.43. The van der Waals surface area contributed by atoms with Crippen molar-refractivity contribution in [3.63, 3.8) is 0 Å². The quantitative estimate of drug-likeness (QED) is 0.765. The Bertz CT molecular complexity index is 282. The Morgan fingerprint density at radius 2 is 2.17 bits per heavy atom. The molecule has 1 saturated heterocycles. The largest absolute Gasteiger partial charge is 0.361 e. The van der Waals surface area contributed by atoms with E-state index in [-0.39, 0.29) is 0 Å². The zero-order chi connectivity index (χ0) is 13.0. The summed E-state index contributed by atoms with van der Waals surface area (Å²) in [5, 5.41) is 7.74. The topological polar surface area (TPSA) is 27.3 Å². The lowest BCUT2D eigenvalue weighted by molar-refractivity contribution is 0.267. The van der Waals surface area contributed by atoms with Crippen molar-refractivity contribution in [2.24, 2.45) is 5.92 Å². The fourth-order valence-corrected chi connectivity index (χ4v) is 3.58. The molecule has 0 bridgehead atoms. The van der Waals surface area contributed by atoms with E-state index in [2.05, 4.69) is 29.4 Å². The first-order chi connectivity index (χ1) is 8.69. The molecule has 104 valence electrons. The van der Waals surface area contributed by atoms with Crippen LogP contribution in [-0.2, 0) is 0 Å². The predicted octanol–water partition coefficient (Wildman–Crippen LogP) is 2.12. The summed E-state index contributed by atoms with van der Waals surface area (Å²) < 4.78 is 0. The summed E-state index contributed by atoms with van der Waals surface area (Å²) in [5.41, 5.74) is 0. The highest BCUT2D eigenvalue weighted by atomic mass is 32.1. The maximum absolute atomic E-state index is 5.40. The Hall–Kier alpha value is -0.350. The molecule has 4 heteroatoms. The van der Waals surface area contributed by atoms with Crippen molar-refractivity contribution in [1.29, 1.82) is 0 Å². The van der Waals surface area contributed by atoms with Crippen molar-refractivity contribution in [2.45, 2.75) is 58.0 Å². The van der Waals surface area contributed by atoms with Crippen LogP contribution < -0.4 is 10.6 Å². The first-order valence-corrected chi connectivity index (χ1v) is 7.88. The van der Waals surface area contributed by atoms with Gasteiger partial charge in [0, 0.05) is 18.6 Å². The van der Waals surface area contributed by atoms with Crippen LogP contribution in [0.5, 0.6) is 0 Å². The molecule has 3 nitrogen and oxygen atoms in total. The van der Waals surface area contributed by atoms with Gasteiger partial charge in [0.1, 0.15) is 0 Å². The molecular formula is C14H27N3S. The third kappa shape index (κ3) is 3.82. The first kappa shape index (κ1) is 14.1. The minimum absolute atomic E-state index is 0.603. The molecule has 1 aliphatic carbocycles. The minimum atomic E-state index is 0.603. The van der Waals surface area contributed by atoms with Crippen molar-refractivity contribution in [1.82, 2.24) is 15.5 Å². The van der Waals surface area contributed by atoms with Gasteiger partial charge in [0.15, 0.2) is 5.11 Å². The molecule has 0 amide bonds. The van der Waals surface area contributed by atoms with Gasteiger partial charge in [0.25, 0.3) is 0 Å². The second-order valence-electron chi connectivity index (χ2n) is 5.89. The number of likely N-dealkylation sites (N-methyl/N-ethyl adjacent to an activating group) is 1. The highest BCUT2D eigenvalue weighted by Crippen LogP contribution is 2.24. The molecular weight excluding hydrogens is 242 g/mol. The molecule has 18 heavy (non-hydrogen) atoms. The lowest BCUT2D eigenvalue weighted by Crippen LogP contribution is -2.46. The van der Waals surface area contributed by atoms with Crippen molar-refractivity contribution >= 4 is 17.3 Å². The Kier molecular flexibility index (Phi) is 5.25. The number of nitrogens with one attached hydrogen (secondary N) is 2. The molecule has 1 saturated carbocycles. The van der Waals surface area contributed by atoms with Gasteiger partial charge in [-0.15, -0.1) is 0 Å². The number of nitrogens with zero attached hydrogens (tertiary/aromatic N) is 1. The van der Waals surface area contributed by atoms with Gasteiger partial charge in [-0.3, -0.25) is 4.90 Å². The van der Waals surface area contributed by atoms with Gasteiger partial charge in [0.05, 0.1) is 0 Å². The fourth-order valence-electron chi connectivity index (χ4n) is 3.33. The Balaban J connectivity index is 1.65. The number of hydrogen-bond donors (Lipinski definition) is 2. The molecule has 0 aromatic rings. The average molecular weight is 269 g/mol. The number of rotatable bonds is 4. The normalized spacial score (nSPS) is 32.7. The van der Waals surface area contributed by atoms with Crippen LogP contribution in [0.3, 0.4) is 0 Å². The average Bonchev–Trinajstić information content (AvgIpc) is 2.95. The van der Waals surface area contributed by atoms with Crippen LogP contribution in [0.4, 0.5) is 0 Å². The monoisotopic (exact) mass is 269 g/mol. The van der Waals surface area contributed by atoms with Crippen LogP contribution in [0.2, 0.25) is 0 Å². The Morgan fingerprint density at radius 1 is 1.33 bits per heavy atom. The molecule has 0 aromatic heterocycles. The smallest absolute Gasteiger partial charge is 0.166 e. The van der Waals surface area contributed by atoms with Gasteiger partial charge >= 0.3 is 0 Å². The summed E-state index contributed by atoms with van der Waals surface area (Å²) >= 11 is 5.40. The molecule has 3 unspecified atom stereocenters. The van der Waals surface area contributed by atoms with E-state index in [0.717, 1.165) is 24.1 Å². The van der Waals surface area contributed by atoms with E-state index in [1.807, 2.05) is 0 Å². The van der Waals surface area contributed by atoms with Crippen LogP contribution in [-0.4, -0.2) is 41.7 Å². The van der Waals surface area contributed by atoms with Crippen molar-refractivity contribution in [3.8, 4) is 0 Å². The fraction of sp³-hybridized carbons (Fsp3) is 0.929. The molecule has 1 aliphatic heterocycles. The van der Waals surface area contributed by atoms with E-state index >= 15 is 0 Å². The zero-order valence-electron chi connectivity index (χ0n) is 11.7. The molecule has 0 aromatic carbocycles. The van der Waals surface area contributed by atoms with Gasteiger partial charge in [-0.05, 0) is 63.3 Å². The van der Waals surface area contributed by atoms with Crippen LogP contribution in [0.25, 0.3) is 0 Å². The molecule has 1 heterocycles. The second-order valence-corrected chi connectivity index (χ2v) is 6.30. The standard InChI is InChI=1S/C14H27N3S/c1-3-17-8-4-5-13(17)10-15-14(18)16-12-7-6-11(2)9-12/h11-13H,3-10H2,1-2H3,(H2,15,16,18). The van der Waals surface area contributed by atoms with Crippen LogP contribution in [0.1, 0.15) is 46.0 Å². The van der Waals surface area contributed by atoms with Crippen LogP contribution in [0.15, 0.2) is 0 Å². The molecule has 2 rings (SSSR count). The van der Waals surface area contributed by atoms with E-state index in [9.17, 15) is 0 Å². The number of thiocarbonyl (C=S) groups is 1. The minimum Gasteiger partial charge on any atom is -0.361 e. The maximum atomic E-state index is 5.40. The molecule has 0 spiro atoms. The molecule has 0 radical (unpaired) electrons. The van der Waals surface area contributed by atoms with Crippen molar-refractivity contribution in [2.75, 3.05) is 19.6 Å². The zero-order valence-corrected chi connectivity index (χ0v) is 12.6. The number of hydrogen-bond acceptors (Lipinski definition) is 2. The first-order valence-electron chi connectivity index (χ1n) is 7.47. The van der Waals surface area contributed by atoms with Gasteiger partial charge in [-0.25, -0.2) is 0 Å². The summed E-state index contributed by atoms with van der Waals surface area (Å²) in [6.07, 6.45) is 6.52. The second kappa shape index (κ2) is 6.71.